The summed E-state index contributed by atoms with van der Waals surface area (Å²) in [6.07, 6.45) is 3.05. The fourth-order valence-corrected chi connectivity index (χ4v) is 23.2. The zero-order valence-electron chi connectivity index (χ0n) is 66.8. The van der Waals surface area contributed by atoms with E-state index in [0.29, 0.717) is 57.8 Å². The number of benzene rings is 6. The molecule has 0 aliphatic heterocycles. The summed E-state index contributed by atoms with van der Waals surface area (Å²) >= 11 is 30.9. The number of carbonyl (C=O) groups excluding carboxylic acids is 15. The van der Waals surface area contributed by atoms with Gasteiger partial charge < -0.3 is 46.4 Å². The van der Waals surface area contributed by atoms with Crippen molar-refractivity contribution in [3.63, 3.8) is 0 Å². The fourth-order valence-electron chi connectivity index (χ4n) is 9.81. The van der Waals surface area contributed by atoms with Crippen molar-refractivity contribution in [3.05, 3.63) is 190 Å². The van der Waals surface area contributed by atoms with E-state index in [1.54, 1.807) is 30.3 Å². The Morgan fingerprint density at radius 2 is 0.619 bits per heavy atom. The number of rotatable bonds is 33. The minimum absolute atomic E-state index is 0.0711. The highest BCUT2D eigenvalue weighted by atomic mass is 127. The number of imide groups is 5. The first-order chi connectivity index (χ1) is 62.0. The monoisotopic (exact) mass is 3640 g/mol. The van der Waals surface area contributed by atoms with Crippen molar-refractivity contribution in [3.8, 4) is 0 Å². The van der Waals surface area contributed by atoms with Crippen LogP contribution in [0.3, 0.4) is 0 Å². The molecule has 10 amide bonds. The Kier molecular flexibility index (Phi) is 58.5. The standard InChI is InChI=1S/C17H18I3NO7S.C17H12I3NO7S.C14H14I3NO7S.C13H12I3NO7S.C13H10I3NO7S/c2*18-9-7-12(14(20)13(19)8-9)16(23)21-15(22)10-3-1-2-4-11(10)17(24)28-5-6-29(25,26)27;15-8-6-9(13(17)10(16)7-8)14(21)18-11(19)2-1-3-12(20)25-4-5-26(22,23)24;2*14-7-5-8(12(16)9(15)6-7)13(20)17-10(18)1-2-11(19)24-3-4-25(21,22)23/h7-8,10-11H,1-6H2,(H,21,22,23)(H,25,26,27);1-4,7-8H,5-6H2,(H,21,22,23)(H,25,26,27);6-7H,1-5H2,(H,18,19,21)(H,22,23,24);5-6H,1-4H2,(H,17,18,20)(H,21,22,23);1-2,5-6H,3-4H2,(H,17,18,20)(H,21,22,23)/p-5/b;;;;2-1-. The first kappa shape index (κ1) is 127. The van der Waals surface area contributed by atoms with Gasteiger partial charge in [-0.15, -0.1) is 0 Å². The van der Waals surface area contributed by atoms with E-state index in [0.717, 1.165) is 61.4 Å². The number of carbonyl (C=O) groups is 15. The van der Waals surface area contributed by atoms with Crippen molar-refractivity contribution >= 4 is 478 Å². The zero-order chi connectivity index (χ0) is 102. The molecule has 1 fully saturated rings. The molecule has 60 heteroatoms. The van der Waals surface area contributed by atoms with Crippen molar-refractivity contribution in [1.29, 1.82) is 0 Å². The molecule has 0 saturated heterocycles. The summed E-state index contributed by atoms with van der Waals surface area (Å²) in [6.45, 7) is -2.88. The van der Waals surface area contributed by atoms with Crippen LogP contribution in [0.4, 0.5) is 0 Å². The molecular formula is C74H61I15N5O35S5-5. The van der Waals surface area contributed by atoms with Gasteiger partial charge in [0.25, 0.3) is 41.4 Å². The summed E-state index contributed by atoms with van der Waals surface area (Å²) in [5.41, 5.74) is 1.49. The molecule has 7 rings (SSSR count). The summed E-state index contributed by atoms with van der Waals surface area (Å²) in [7, 11) is -22.4. The molecule has 1 aliphatic rings. The van der Waals surface area contributed by atoms with E-state index in [9.17, 15) is 137 Å². The zero-order valence-corrected chi connectivity index (χ0v) is 103. The van der Waals surface area contributed by atoms with Crippen molar-refractivity contribution in [2.24, 2.45) is 11.8 Å². The molecule has 0 heterocycles. The van der Waals surface area contributed by atoms with E-state index in [1.165, 1.54) is 24.3 Å². The molecule has 0 bridgehead atoms. The number of nitrogens with one attached hydrogen (secondary N) is 5. The van der Waals surface area contributed by atoms with Crippen molar-refractivity contribution in [2.45, 2.75) is 57.8 Å². The second-order valence-electron chi connectivity index (χ2n) is 25.9. The van der Waals surface area contributed by atoms with Gasteiger partial charge in [-0.1, -0.05) is 25.0 Å². The average Bonchev–Trinajstić information content (AvgIpc) is 0.818. The van der Waals surface area contributed by atoms with Gasteiger partial charge in [-0.2, -0.15) is 0 Å². The highest BCUT2D eigenvalue weighted by molar-refractivity contribution is 14.1. The Bertz CT molecular complexity index is 6140. The van der Waals surface area contributed by atoms with Crippen LogP contribution in [0, 0.1) is 65.4 Å². The van der Waals surface area contributed by atoms with Crippen LogP contribution in [0.1, 0.15) is 130 Å². The third-order valence-electron chi connectivity index (χ3n) is 15.8. The fraction of sp³-hybridized carbons (Fsp3) is 0.284. The average molecular weight is 3640 g/mol. The maximum atomic E-state index is 12.7. The normalized spacial score (nSPS) is 12.9. The van der Waals surface area contributed by atoms with Crippen LogP contribution in [-0.4, -0.2) is 216 Å². The lowest BCUT2D eigenvalue weighted by atomic mass is 9.78. The Morgan fingerprint density at radius 3 is 0.993 bits per heavy atom. The number of amides is 10. The van der Waals surface area contributed by atoms with E-state index < -0.39 is 213 Å². The summed E-state index contributed by atoms with van der Waals surface area (Å²) in [4.78, 5) is 181. The van der Waals surface area contributed by atoms with Crippen molar-refractivity contribution in [1.82, 2.24) is 26.6 Å². The molecule has 2 atom stereocenters. The molecule has 0 radical (unpaired) electrons. The minimum Gasteiger partial charge on any atom is -0.748 e. The molecular weight excluding hydrogens is 3580 g/mol. The van der Waals surface area contributed by atoms with E-state index in [1.807, 2.05) is 166 Å². The van der Waals surface area contributed by atoms with Crippen LogP contribution in [0.5, 0.6) is 0 Å². The minimum atomic E-state index is -4.54. The molecule has 732 valence electrons. The van der Waals surface area contributed by atoms with E-state index >= 15 is 0 Å². The quantitative estimate of drug-likeness (QED) is 0.00486. The first-order valence-corrected chi connectivity index (χ1v) is 60.3. The summed E-state index contributed by atoms with van der Waals surface area (Å²) in [5, 5.41) is 11.2. The maximum Gasteiger partial charge on any atom is 0.338 e. The SMILES string of the molecule is O=C(/C=C\C(=O)OCCS(=O)(=O)[O-])NC(=O)c1cc(I)cc(I)c1I.O=C(CCC(=O)OCCS(=O)(=O)[O-])NC(=O)c1cc(I)cc(I)c1I.O=C(CCCC(=O)OCCS(=O)(=O)[O-])NC(=O)c1cc(I)cc(I)c1I.O=C(NC(=O)C1CCCCC1C(=O)OCCS(=O)(=O)[O-])c1cc(I)cc(I)c1I.O=C(NC(=O)c1cc(I)cc(I)c1I)c1ccccc1C(=O)OCCS(=O)(=O)[O-]. The van der Waals surface area contributed by atoms with Crippen molar-refractivity contribution in [2.75, 3.05) is 61.8 Å². The predicted molar refractivity (Wildman–Crippen MR) is 596 cm³/mol. The second-order valence-corrected chi connectivity index (χ2v) is 50.9. The van der Waals surface area contributed by atoms with E-state index in [2.05, 4.69) is 244 Å². The van der Waals surface area contributed by atoms with Crippen LogP contribution in [0.25, 0.3) is 0 Å². The largest absolute Gasteiger partial charge is 0.748 e. The van der Waals surface area contributed by atoms with Crippen LogP contribution < -0.4 is 26.6 Å². The van der Waals surface area contributed by atoms with Gasteiger partial charge >= 0.3 is 29.8 Å². The highest BCUT2D eigenvalue weighted by Crippen LogP contribution is 2.33. The lowest BCUT2D eigenvalue weighted by molar-refractivity contribution is -0.154. The molecule has 1 aliphatic carbocycles. The Balaban J connectivity index is 0.000000432. The first-order valence-electron chi connectivity index (χ1n) is 36.2. The topological polar surface area (TPSA) is 648 Å². The van der Waals surface area contributed by atoms with Crippen LogP contribution in [-0.2, 0) is 113 Å². The van der Waals surface area contributed by atoms with Crippen molar-refractivity contribution < 1.29 is 160 Å². The molecule has 0 spiro atoms. The van der Waals surface area contributed by atoms with E-state index in [4.69, 9.17) is 9.47 Å². The summed E-state index contributed by atoms with van der Waals surface area (Å²) < 4.78 is 192. The number of hydrogen-bond acceptors (Lipinski definition) is 35. The van der Waals surface area contributed by atoms with Gasteiger partial charge in [-0.3, -0.25) is 88.9 Å². The maximum absolute atomic E-state index is 12.7. The highest BCUT2D eigenvalue weighted by Gasteiger charge is 2.38. The predicted octanol–water partition coefficient (Wildman–Crippen LogP) is 10.5. The van der Waals surface area contributed by atoms with Gasteiger partial charge in [0.15, 0.2) is 0 Å². The molecule has 6 aromatic carbocycles. The van der Waals surface area contributed by atoms with Crippen LogP contribution >= 0.6 is 339 Å². The van der Waals surface area contributed by atoms with Gasteiger partial charge in [0.05, 0.1) is 137 Å². The van der Waals surface area contributed by atoms with Gasteiger partial charge in [0, 0.05) is 85.0 Å². The Labute approximate surface area is 970 Å². The second kappa shape index (κ2) is 61.8. The van der Waals surface area contributed by atoms with Gasteiger partial charge in [-0.05, 0) is 431 Å². The lowest BCUT2D eigenvalue weighted by Gasteiger charge is -2.28. The Morgan fingerprint density at radius 1 is 0.321 bits per heavy atom. The molecule has 6 aromatic rings. The van der Waals surface area contributed by atoms with Crippen LogP contribution in [0.2, 0.25) is 0 Å². The number of esters is 5. The molecule has 40 nitrogen and oxygen atoms in total. The molecule has 5 N–H and O–H groups in total. The summed E-state index contributed by atoms with van der Waals surface area (Å²) in [6, 6.07) is 23.3. The third kappa shape index (κ3) is 50.9. The number of hydrogen-bond donors (Lipinski definition) is 5. The molecule has 2 unspecified atom stereocenters. The molecule has 1 saturated carbocycles. The summed E-state index contributed by atoms with van der Waals surface area (Å²) in [5.74, 6) is -16.2. The molecule has 0 aromatic heterocycles. The van der Waals surface area contributed by atoms with Gasteiger partial charge in [-0.25, -0.2) is 51.7 Å². The number of ether oxygens (including phenoxy) is 5. The van der Waals surface area contributed by atoms with E-state index in [-0.39, 0.29) is 43.2 Å². The van der Waals surface area contributed by atoms with Crippen LogP contribution in [0.15, 0.2) is 97.1 Å². The van der Waals surface area contributed by atoms with Gasteiger partial charge in [0.2, 0.25) is 17.7 Å². The molecule has 134 heavy (non-hydrogen) atoms. The van der Waals surface area contributed by atoms with Gasteiger partial charge in [0.1, 0.15) is 33.0 Å². The third-order valence-corrected chi connectivity index (χ3v) is 37.5. The smallest absolute Gasteiger partial charge is 0.338 e. The lowest BCUT2D eigenvalue weighted by Crippen LogP contribution is -2.43. The number of halogens is 15. The Hall–Kier alpha value is -1.39.